The Balaban J connectivity index is 2.19. The lowest BCUT2D eigenvalue weighted by Gasteiger charge is -2.32. The normalized spacial score (nSPS) is 23.6. The second kappa shape index (κ2) is 6.04. The van der Waals surface area contributed by atoms with Crippen LogP contribution in [-0.2, 0) is 0 Å². The number of nitrogens with two attached hydrogens (primary N) is 1. The van der Waals surface area contributed by atoms with Crippen molar-refractivity contribution in [2.75, 3.05) is 25.0 Å². The first kappa shape index (κ1) is 15.8. The first-order valence-electron chi connectivity index (χ1n) is 7.36. The molecule has 1 atom stereocenters. The lowest BCUT2D eigenvalue weighted by atomic mass is 9.97. The van der Waals surface area contributed by atoms with Gasteiger partial charge < -0.3 is 11.1 Å². The van der Waals surface area contributed by atoms with Crippen LogP contribution in [0.1, 0.15) is 31.4 Å². The third-order valence-electron chi connectivity index (χ3n) is 4.35. The van der Waals surface area contributed by atoms with Crippen LogP contribution in [0.3, 0.4) is 0 Å². The zero-order valence-corrected chi connectivity index (χ0v) is 14.5. The average Bonchev–Trinajstić information content (AvgIpc) is 2.81. The molecular formula is C16H26BrN3. The van der Waals surface area contributed by atoms with Gasteiger partial charge in [-0.05, 0) is 57.4 Å². The number of anilines is 1. The molecule has 1 aromatic carbocycles. The molecule has 0 radical (unpaired) electrons. The van der Waals surface area contributed by atoms with E-state index in [1.165, 1.54) is 21.3 Å². The fraction of sp³-hybridized carbons (Fsp3) is 0.625. The van der Waals surface area contributed by atoms with Crippen molar-refractivity contribution in [1.29, 1.82) is 0 Å². The smallest absolute Gasteiger partial charge is 0.0634 e. The van der Waals surface area contributed by atoms with E-state index in [1.807, 2.05) is 0 Å². The van der Waals surface area contributed by atoms with E-state index in [9.17, 15) is 0 Å². The third-order valence-corrected chi connectivity index (χ3v) is 5.60. The minimum atomic E-state index is 0.0109. The number of nitrogens with zero attached hydrogens (tertiary/aromatic N) is 1. The van der Waals surface area contributed by atoms with E-state index in [0.717, 1.165) is 19.5 Å². The highest BCUT2D eigenvalue weighted by molar-refractivity contribution is 9.10. The van der Waals surface area contributed by atoms with Crippen LogP contribution in [0.25, 0.3) is 0 Å². The molecule has 2 rings (SSSR count). The van der Waals surface area contributed by atoms with Gasteiger partial charge in [-0.25, -0.2) is 0 Å². The molecule has 0 amide bonds. The molecule has 3 N–H and O–H groups in total. The number of nitrogens with one attached hydrogen (secondary N) is 1. The maximum atomic E-state index is 6.09. The Hall–Kier alpha value is -0.580. The number of aryl methyl sites for hydroxylation is 2. The third kappa shape index (κ3) is 3.18. The number of halogens is 1. The van der Waals surface area contributed by atoms with Gasteiger partial charge in [-0.3, -0.25) is 4.90 Å². The zero-order valence-electron chi connectivity index (χ0n) is 13.0. The lowest BCUT2D eigenvalue weighted by molar-refractivity contribution is 0.262. The maximum absolute atomic E-state index is 6.09. The summed E-state index contributed by atoms with van der Waals surface area (Å²) in [5.41, 5.74) is 9.80. The zero-order chi connectivity index (χ0) is 14.9. The second-order valence-electron chi connectivity index (χ2n) is 6.35. The summed E-state index contributed by atoms with van der Waals surface area (Å²) in [5.74, 6) is 0. The fourth-order valence-corrected chi connectivity index (χ4v) is 3.22. The molecule has 1 saturated heterocycles. The van der Waals surface area contributed by atoms with E-state index in [1.54, 1.807) is 0 Å². The summed E-state index contributed by atoms with van der Waals surface area (Å²) in [5, 5.41) is 3.71. The van der Waals surface area contributed by atoms with Gasteiger partial charge in [0.2, 0.25) is 0 Å². The Bertz CT molecular complexity index is 464. The molecule has 1 aliphatic rings. The molecule has 1 aromatic rings. The molecule has 20 heavy (non-hydrogen) atoms. The highest BCUT2D eigenvalue weighted by Gasteiger charge is 2.37. The number of hydrogen-bond acceptors (Lipinski definition) is 3. The Morgan fingerprint density at radius 3 is 2.40 bits per heavy atom. The van der Waals surface area contributed by atoms with E-state index in [-0.39, 0.29) is 5.54 Å². The summed E-state index contributed by atoms with van der Waals surface area (Å²) in [6.45, 7) is 11.6. The average molecular weight is 340 g/mol. The molecule has 1 heterocycles. The number of likely N-dealkylation sites (tertiary alicyclic amines) is 1. The van der Waals surface area contributed by atoms with Crippen molar-refractivity contribution in [3.63, 3.8) is 0 Å². The molecule has 0 aliphatic carbocycles. The van der Waals surface area contributed by atoms with Crippen molar-refractivity contribution >= 4 is 21.6 Å². The van der Waals surface area contributed by atoms with Crippen molar-refractivity contribution in [2.24, 2.45) is 5.73 Å². The molecule has 0 spiro atoms. The number of hydrogen-bond donors (Lipinski definition) is 2. The summed E-state index contributed by atoms with van der Waals surface area (Å²) in [6, 6.07) is 4.98. The molecule has 112 valence electrons. The van der Waals surface area contributed by atoms with Crippen LogP contribution in [0.5, 0.6) is 0 Å². The molecule has 0 bridgehead atoms. The summed E-state index contributed by atoms with van der Waals surface area (Å²) in [7, 11) is 0. The van der Waals surface area contributed by atoms with Crippen molar-refractivity contribution < 1.29 is 0 Å². The highest BCUT2D eigenvalue weighted by atomic mass is 79.9. The van der Waals surface area contributed by atoms with Gasteiger partial charge in [0.05, 0.1) is 5.54 Å². The minimum absolute atomic E-state index is 0.0109. The standard InChI is InChI=1S/C16H26BrN3/c1-11(2)20-6-5-16(9-18,10-20)19-14-7-12(3)15(17)13(4)8-14/h7-8,11,19H,5-6,9-10,18H2,1-4H3. The predicted octanol–water partition coefficient (Wildman–Crippen LogP) is 3.29. The first-order valence-corrected chi connectivity index (χ1v) is 8.15. The van der Waals surface area contributed by atoms with Gasteiger partial charge in [0, 0.05) is 35.8 Å². The maximum Gasteiger partial charge on any atom is 0.0634 e. The molecule has 0 aromatic heterocycles. The van der Waals surface area contributed by atoms with Gasteiger partial charge in [0.25, 0.3) is 0 Å². The van der Waals surface area contributed by atoms with E-state index >= 15 is 0 Å². The summed E-state index contributed by atoms with van der Waals surface area (Å²) >= 11 is 3.62. The van der Waals surface area contributed by atoms with Gasteiger partial charge in [-0.2, -0.15) is 0 Å². The molecule has 3 nitrogen and oxygen atoms in total. The lowest BCUT2D eigenvalue weighted by Crippen LogP contribution is -2.48. The molecule has 1 aliphatic heterocycles. The van der Waals surface area contributed by atoms with Crippen molar-refractivity contribution in [3.8, 4) is 0 Å². The highest BCUT2D eigenvalue weighted by Crippen LogP contribution is 2.30. The fourth-order valence-electron chi connectivity index (χ4n) is 2.99. The van der Waals surface area contributed by atoms with Crippen LogP contribution in [0.2, 0.25) is 0 Å². The van der Waals surface area contributed by atoms with E-state index in [0.29, 0.717) is 12.6 Å². The van der Waals surface area contributed by atoms with Gasteiger partial charge in [0.1, 0.15) is 0 Å². The van der Waals surface area contributed by atoms with E-state index in [2.05, 4.69) is 66.0 Å². The van der Waals surface area contributed by atoms with Crippen LogP contribution in [0, 0.1) is 13.8 Å². The van der Waals surface area contributed by atoms with Crippen molar-refractivity contribution in [2.45, 2.75) is 45.7 Å². The number of rotatable bonds is 4. The molecular weight excluding hydrogens is 314 g/mol. The summed E-state index contributed by atoms with van der Waals surface area (Å²) in [4.78, 5) is 2.50. The van der Waals surface area contributed by atoms with Crippen LogP contribution in [-0.4, -0.2) is 36.1 Å². The van der Waals surface area contributed by atoms with Crippen molar-refractivity contribution in [1.82, 2.24) is 4.90 Å². The van der Waals surface area contributed by atoms with Crippen LogP contribution in [0.15, 0.2) is 16.6 Å². The monoisotopic (exact) mass is 339 g/mol. The Morgan fingerprint density at radius 1 is 1.35 bits per heavy atom. The largest absolute Gasteiger partial charge is 0.377 e. The molecule has 4 heteroatoms. The Kier molecular flexibility index (Phi) is 4.77. The summed E-state index contributed by atoms with van der Waals surface area (Å²) < 4.78 is 1.19. The molecule has 0 saturated carbocycles. The summed E-state index contributed by atoms with van der Waals surface area (Å²) in [6.07, 6.45) is 1.11. The minimum Gasteiger partial charge on any atom is -0.377 e. The van der Waals surface area contributed by atoms with Gasteiger partial charge in [0.15, 0.2) is 0 Å². The Labute approximate surface area is 131 Å². The quantitative estimate of drug-likeness (QED) is 0.884. The van der Waals surface area contributed by atoms with Gasteiger partial charge in [-0.15, -0.1) is 0 Å². The van der Waals surface area contributed by atoms with Crippen molar-refractivity contribution in [3.05, 3.63) is 27.7 Å². The van der Waals surface area contributed by atoms with Gasteiger partial charge in [-0.1, -0.05) is 15.9 Å². The second-order valence-corrected chi connectivity index (χ2v) is 7.14. The molecule has 1 unspecified atom stereocenters. The topological polar surface area (TPSA) is 41.3 Å². The van der Waals surface area contributed by atoms with Crippen LogP contribution < -0.4 is 11.1 Å². The first-order chi connectivity index (χ1) is 9.37. The predicted molar refractivity (Wildman–Crippen MR) is 90.4 cm³/mol. The van der Waals surface area contributed by atoms with E-state index < -0.39 is 0 Å². The van der Waals surface area contributed by atoms with Crippen LogP contribution in [0.4, 0.5) is 5.69 Å². The van der Waals surface area contributed by atoms with Gasteiger partial charge >= 0.3 is 0 Å². The molecule has 1 fully saturated rings. The van der Waals surface area contributed by atoms with E-state index in [4.69, 9.17) is 5.73 Å². The number of benzene rings is 1. The Morgan fingerprint density at radius 2 is 1.95 bits per heavy atom. The SMILES string of the molecule is Cc1cc(NC2(CN)CCN(C(C)C)C2)cc(C)c1Br. The van der Waals surface area contributed by atoms with Crippen LogP contribution >= 0.6 is 15.9 Å².